The van der Waals surface area contributed by atoms with Crippen LogP contribution in [0.3, 0.4) is 0 Å². The lowest BCUT2D eigenvalue weighted by atomic mass is 9.99. The highest BCUT2D eigenvalue weighted by molar-refractivity contribution is 7.54. The van der Waals surface area contributed by atoms with Crippen LogP contribution in [-0.2, 0) is 23.8 Å². The molecule has 0 saturated heterocycles. The fourth-order valence-corrected chi connectivity index (χ4v) is 3.97. The lowest BCUT2D eigenvalue weighted by molar-refractivity contribution is 0.368. The molecule has 1 atom stereocenters. The molecule has 9 heteroatoms. The molecule has 130 valence electrons. The Morgan fingerprint density at radius 1 is 1.25 bits per heavy atom. The predicted octanol–water partition coefficient (Wildman–Crippen LogP) is 4.34. The minimum Gasteiger partial charge on any atom is -0.323 e. The summed E-state index contributed by atoms with van der Waals surface area (Å²) in [5.74, 6) is 0. The van der Waals surface area contributed by atoms with Crippen LogP contribution in [0.2, 0.25) is 10.2 Å². The number of alkyl halides is 1. The molecule has 1 aromatic carbocycles. The molecule has 0 saturated carbocycles. The minimum absolute atomic E-state index is 0.0445. The zero-order valence-electron chi connectivity index (χ0n) is 12.6. The quantitative estimate of drug-likeness (QED) is 0.582. The van der Waals surface area contributed by atoms with E-state index >= 15 is 0 Å². The fourth-order valence-electron chi connectivity index (χ4n) is 2.84. The molecule has 0 fully saturated rings. The lowest BCUT2D eigenvalue weighted by Crippen LogP contribution is -2.06. The molecule has 0 aliphatic heterocycles. The van der Waals surface area contributed by atoms with E-state index in [1.165, 1.54) is 0 Å². The summed E-state index contributed by atoms with van der Waals surface area (Å²) in [6.45, 7) is 0. The maximum atomic E-state index is 11.3. The van der Waals surface area contributed by atoms with E-state index in [2.05, 4.69) is 5.10 Å². The van der Waals surface area contributed by atoms with E-state index in [0.717, 1.165) is 36.9 Å². The molecule has 0 amide bonds. The number of rotatable bonds is 4. The highest BCUT2D eigenvalue weighted by Gasteiger charge is 2.27. The molecular weight excluding hydrogens is 394 g/mol. The molecule has 2 aromatic rings. The van der Waals surface area contributed by atoms with E-state index < -0.39 is 12.7 Å². The first-order valence-corrected chi connectivity index (χ1v) is 10.4. The van der Waals surface area contributed by atoms with Crippen LogP contribution in [-0.4, -0.2) is 24.7 Å². The number of halogens is 3. The lowest BCUT2D eigenvalue weighted by Gasteiger charge is -2.14. The molecule has 0 bridgehead atoms. The van der Waals surface area contributed by atoms with Crippen LogP contribution in [0, 0.1) is 0 Å². The molecule has 5 nitrogen and oxygen atoms in total. The third kappa shape index (κ3) is 3.67. The van der Waals surface area contributed by atoms with E-state index in [-0.39, 0.29) is 6.42 Å². The van der Waals surface area contributed by atoms with Gasteiger partial charge < -0.3 is 9.79 Å². The van der Waals surface area contributed by atoms with Crippen LogP contribution in [0.4, 0.5) is 0 Å². The average molecular weight is 410 g/mol. The van der Waals surface area contributed by atoms with Crippen LogP contribution >= 0.6 is 42.4 Å². The highest BCUT2D eigenvalue weighted by Crippen LogP contribution is 2.45. The predicted molar refractivity (Wildman–Crippen MR) is 95.6 cm³/mol. The van der Waals surface area contributed by atoms with Gasteiger partial charge in [-0.2, -0.15) is 5.10 Å². The third-order valence-corrected chi connectivity index (χ3v) is 6.71. The van der Waals surface area contributed by atoms with Crippen molar-refractivity contribution in [1.29, 1.82) is 0 Å². The molecule has 1 aliphatic rings. The molecule has 2 N–H and O–H groups in total. The monoisotopic (exact) mass is 408 g/mol. The van der Waals surface area contributed by atoms with Crippen LogP contribution in [0.25, 0.3) is 5.69 Å². The summed E-state index contributed by atoms with van der Waals surface area (Å²) >= 11 is 18.4. The number of nitrogens with zero attached hydrogens (tertiary/aromatic N) is 2. The first-order valence-electron chi connectivity index (χ1n) is 7.51. The Bertz CT molecular complexity index is 819. The number of hydrogen-bond acceptors (Lipinski definition) is 2. The summed E-state index contributed by atoms with van der Waals surface area (Å²) in [5.41, 5.74) is 3.32. The van der Waals surface area contributed by atoms with Crippen LogP contribution in [0.1, 0.15) is 29.7 Å². The van der Waals surface area contributed by atoms with E-state index in [1.807, 2.05) is 0 Å². The Morgan fingerprint density at radius 2 is 1.96 bits per heavy atom. The van der Waals surface area contributed by atoms with Crippen molar-refractivity contribution in [2.45, 2.75) is 37.2 Å². The number of hydrogen-bond donors (Lipinski definition) is 2. The van der Waals surface area contributed by atoms with Gasteiger partial charge in [0, 0.05) is 17.0 Å². The van der Waals surface area contributed by atoms with Crippen molar-refractivity contribution in [3.63, 3.8) is 0 Å². The van der Waals surface area contributed by atoms with Crippen molar-refractivity contribution in [1.82, 2.24) is 9.78 Å². The summed E-state index contributed by atoms with van der Waals surface area (Å²) < 4.78 is 12.9. The standard InChI is InChI=1S/C15H16Cl3N2O3P/c16-12-6-5-10(7-9(12)8-14(17)24(21,22)23)20-15(18)11-3-1-2-4-13(11)19-20/h5-7,14H,1-4,8H2,(H2,21,22,23). The van der Waals surface area contributed by atoms with Crippen molar-refractivity contribution < 1.29 is 14.4 Å². The van der Waals surface area contributed by atoms with Gasteiger partial charge in [-0.15, -0.1) is 11.6 Å². The third-order valence-electron chi connectivity index (χ3n) is 4.12. The van der Waals surface area contributed by atoms with Gasteiger partial charge in [0.05, 0.1) is 11.4 Å². The van der Waals surface area contributed by atoms with Crippen molar-refractivity contribution in [3.05, 3.63) is 45.2 Å². The second-order valence-electron chi connectivity index (χ2n) is 5.84. The first kappa shape index (κ1) is 18.2. The number of fused-ring (bicyclic) bond motifs is 1. The second kappa shape index (κ2) is 6.99. The molecule has 1 aromatic heterocycles. The molecule has 1 aliphatic carbocycles. The molecule has 0 spiro atoms. The summed E-state index contributed by atoms with van der Waals surface area (Å²) in [6.07, 6.45) is 3.97. The zero-order chi connectivity index (χ0) is 17.5. The van der Waals surface area contributed by atoms with Crippen LogP contribution in [0.15, 0.2) is 18.2 Å². The summed E-state index contributed by atoms with van der Waals surface area (Å²) in [7, 11) is -4.39. The number of benzene rings is 1. The number of aromatic nitrogens is 2. The first-order chi connectivity index (χ1) is 11.3. The van der Waals surface area contributed by atoms with Crippen LogP contribution in [0.5, 0.6) is 0 Å². The van der Waals surface area contributed by atoms with Crippen molar-refractivity contribution in [2.75, 3.05) is 0 Å². The maximum absolute atomic E-state index is 11.3. The van der Waals surface area contributed by atoms with Gasteiger partial charge in [0.15, 0.2) is 0 Å². The Labute approximate surface area is 154 Å². The minimum atomic E-state index is -4.39. The zero-order valence-corrected chi connectivity index (χ0v) is 15.8. The summed E-state index contributed by atoms with van der Waals surface area (Å²) in [4.78, 5) is 18.4. The van der Waals surface area contributed by atoms with Gasteiger partial charge in [-0.3, -0.25) is 4.57 Å². The fraction of sp³-hybridized carbons (Fsp3) is 0.400. The van der Waals surface area contributed by atoms with E-state index in [4.69, 9.17) is 34.8 Å². The van der Waals surface area contributed by atoms with E-state index in [9.17, 15) is 14.4 Å². The summed E-state index contributed by atoms with van der Waals surface area (Å²) in [6, 6.07) is 5.15. The molecule has 24 heavy (non-hydrogen) atoms. The van der Waals surface area contributed by atoms with Gasteiger partial charge in [-0.1, -0.05) is 23.2 Å². The largest absolute Gasteiger partial charge is 0.343 e. The smallest absolute Gasteiger partial charge is 0.323 e. The van der Waals surface area contributed by atoms with Gasteiger partial charge in [-0.25, -0.2) is 4.68 Å². The Kier molecular flexibility index (Phi) is 5.31. The molecular formula is C15H16Cl3N2O3P. The Balaban J connectivity index is 1.97. The van der Waals surface area contributed by atoms with Crippen molar-refractivity contribution >= 4 is 42.4 Å². The van der Waals surface area contributed by atoms with Crippen LogP contribution < -0.4 is 0 Å². The highest BCUT2D eigenvalue weighted by atomic mass is 35.5. The molecule has 1 heterocycles. The Hall–Kier alpha value is -0.550. The van der Waals surface area contributed by atoms with Gasteiger partial charge in [0.25, 0.3) is 0 Å². The van der Waals surface area contributed by atoms with E-state index in [0.29, 0.717) is 21.4 Å². The van der Waals surface area contributed by atoms with Gasteiger partial charge in [0.2, 0.25) is 0 Å². The number of aryl methyl sites for hydroxylation is 1. The van der Waals surface area contributed by atoms with Crippen molar-refractivity contribution in [2.24, 2.45) is 0 Å². The van der Waals surface area contributed by atoms with E-state index in [1.54, 1.807) is 22.9 Å². The van der Waals surface area contributed by atoms with Crippen molar-refractivity contribution in [3.8, 4) is 5.69 Å². The van der Waals surface area contributed by atoms with Gasteiger partial charge in [-0.05, 0) is 49.4 Å². The molecule has 0 radical (unpaired) electrons. The SMILES string of the molecule is O=P(O)(O)C(Cl)Cc1cc(-n2nc3c(c2Cl)CCCC3)ccc1Cl. The van der Waals surface area contributed by atoms with Gasteiger partial charge in [0.1, 0.15) is 10.3 Å². The topological polar surface area (TPSA) is 75.3 Å². The average Bonchev–Trinajstić information content (AvgIpc) is 2.86. The van der Waals surface area contributed by atoms with Gasteiger partial charge >= 0.3 is 7.60 Å². The maximum Gasteiger partial charge on any atom is 0.343 e. The summed E-state index contributed by atoms with van der Waals surface area (Å²) in [5, 5.41) is 4.22. The normalized spacial score (nSPS) is 16.0. The second-order valence-corrected chi connectivity index (χ2v) is 9.24. The molecule has 3 rings (SSSR count). The molecule has 1 unspecified atom stereocenters. The Morgan fingerprint density at radius 3 is 2.62 bits per heavy atom.